The summed E-state index contributed by atoms with van der Waals surface area (Å²) in [6.07, 6.45) is 9.83. The van der Waals surface area contributed by atoms with E-state index in [0.717, 1.165) is 116 Å². The molecule has 3 saturated heterocycles. The Morgan fingerprint density at radius 1 is 0.642 bits per heavy atom. The number of rotatable bonds is 10. The number of nitrogens with zero attached hydrogens (tertiary/aromatic N) is 6. The number of amides is 2. The van der Waals surface area contributed by atoms with Crippen LogP contribution in [0, 0.1) is 0 Å². The minimum Gasteiger partial charge on any atom is -0.340 e. The van der Waals surface area contributed by atoms with E-state index >= 15 is 0 Å². The number of aromatic nitrogens is 4. The zero-order chi connectivity index (χ0) is 36.5. The first-order valence-electron chi connectivity index (χ1n) is 19.2. The number of hydrogen-bond donors (Lipinski definition) is 2. The van der Waals surface area contributed by atoms with Crippen LogP contribution in [0.2, 0.25) is 0 Å². The molecule has 8 rings (SSSR count). The monoisotopic (exact) mass is 710 g/mol. The predicted molar refractivity (Wildman–Crippen MR) is 208 cm³/mol. The quantitative estimate of drug-likeness (QED) is 0.158. The van der Waals surface area contributed by atoms with Gasteiger partial charge in [0.05, 0.1) is 41.9 Å². The number of H-pyrrole nitrogens is 2. The molecule has 2 aromatic heterocycles. The van der Waals surface area contributed by atoms with Gasteiger partial charge in [-0.15, -0.1) is 0 Å². The van der Waals surface area contributed by atoms with Gasteiger partial charge in [0.25, 0.3) is 0 Å². The third-order valence-electron chi connectivity index (χ3n) is 11.6. The van der Waals surface area contributed by atoms with Crippen LogP contribution in [0.1, 0.15) is 80.8 Å². The van der Waals surface area contributed by atoms with Crippen LogP contribution in [0.5, 0.6) is 0 Å². The highest BCUT2D eigenvalue weighted by atomic mass is 16.2. The van der Waals surface area contributed by atoms with Crippen LogP contribution < -0.4 is 0 Å². The normalized spacial score (nSPS) is 20.4. The summed E-state index contributed by atoms with van der Waals surface area (Å²) in [5, 5.41) is 0. The van der Waals surface area contributed by atoms with Crippen molar-refractivity contribution in [2.75, 3.05) is 40.3 Å². The highest BCUT2D eigenvalue weighted by Crippen LogP contribution is 2.37. The highest BCUT2D eigenvalue weighted by Gasteiger charge is 2.39. The van der Waals surface area contributed by atoms with Crippen molar-refractivity contribution in [3.05, 3.63) is 108 Å². The molecule has 4 atom stereocenters. The minimum absolute atomic E-state index is 0.0197. The second kappa shape index (κ2) is 15.1. The van der Waals surface area contributed by atoms with E-state index in [-0.39, 0.29) is 36.0 Å². The van der Waals surface area contributed by atoms with Crippen LogP contribution >= 0.6 is 0 Å². The number of likely N-dealkylation sites (tertiary alicyclic amines) is 3. The number of aromatic amines is 2. The number of hydrogen-bond acceptors (Lipinski definition) is 6. The highest BCUT2D eigenvalue weighted by molar-refractivity contribution is 5.84. The zero-order valence-corrected chi connectivity index (χ0v) is 31.0. The molecule has 0 saturated carbocycles. The lowest BCUT2D eigenvalue weighted by molar-refractivity contribution is -0.138. The largest absolute Gasteiger partial charge is 0.340 e. The predicted octanol–water partition coefficient (Wildman–Crippen LogP) is 7.25. The van der Waals surface area contributed by atoms with Crippen LogP contribution in [0.4, 0.5) is 0 Å². The third kappa shape index (κ3) is 7.05. The van der Waals surface area contributed by atoms with E-state index < -0.39 is 0 Å². The van der Waals surface area contributed by atoms with Gasteiger partial charge in [-0.3, -0.25) is 19.4 Å². The smallest absolute Gasteiger partial charge is 0.245 e. The van der Waals surface area contributed by atoms with E-state index in [2.05, 4.69) is 80.4 Å². The summed E-state index contributed by atoms with van der Waals surface area (Å²) in [5.74, 6) is 2.04. The third-order valence-corrected chi connectivity index (χ3v) is 11.6. The summed E-state index contributed by atoms with van der Waals surface area (Å²) in [6.45, 7) is 5.39. The molecular weight excluding hydrogens is 661 g/mol. The molecule has 0 bridgehead atoms. The van der Waals surface area contributed by atoms with Crippen molar-refractivity contribution in [3.63, 3.8) is 0 Å². The Bertz CT molecular complexity index is 2010. The van der Waals surface area contributed by atoms with Crippen molar-refractivity contribution in [1.82, 2.24) is 39.5 Å². The number of imidazole rings is 2. The summed E-state index contributed by atoms with van der Waals surface area (Å²) in [5.41, 5.74) is 7.35. The molecule has 5 heterocycles. The van der Waals surface area contributed by atoms with Gasteiger partial charge in [-0.25, -0.2) is 9.97 Å². The molecule has 3 fully saturated rings. The van der Waals surface area contributed by atoms with Crippen molar-refractivity contribution >= 4 is 11.8 Å². The van der Waals surface area contributed by atoms with E-state index in [0.29, 0.717) is 0 Å². The van der Waals surface area contributed by atoms with Gasteiger partial charge in [-0.2, -0.15) is 0 Å². The fourth-order valence-electron chi connectivity index (χ4n) is 8.38. The molecule has 3 aliphatic rings. The summed E-state index contributed by atoms with van der Waals surface area (Å²) in [4.78, 5) is 52.3. The Kier molecular flexibility index (Phi) is 9.98. The lowest BCUT2D eigenvalue weighted by Crippen LogP contribution is -2.44. The first-order chi connectivity index (χ1) is 25.9. The zero-order valence-electron chi connectivity index (χ0n) is 31.0. The summed E-state index contributed by atoms with van der Waals surface area (Å²) in [6, 6.07) is 26.8. The van der Waals surface area contributed by atoms with Crippen molar-refractivity contribution in [3.8, 4) is 33.6 Å². The number of benzene rings is 3. The number of carbonyl (C=O) groups excluding carboxylic acids is 2. The Morgan fingerprint density at radius 2 is 1.11 bits per heavy atom. The molecule has 3 aromatic carbocycles. The average molecular weight is 711 g/mol. The fraction of sp³-hybridized carbons (Fsp3) is 0.395. The molecule has 53 heavy (non-hydrogen) atoms. The van der Waals surface area contributed by atoms with Crippen molar-refractivity contribution < 1.29 is 9.59 Å². The second-order valence-corrected chi connectivity index (χ2v) is 15.1. The summed E-state index contributed by atoms with van der Waals surface area (Å²) >= 11 is 0. The van der Waals surface area contributed by atoms with E-state index in [9.17, 15) is 9.59 Å². The van der Waals surface area contributed by atoms with Gasteiger partial charge in [0.1, 0.15) is 17.7 Å². The first-order valence-corrected chi connectivity index (χ1v) is 19.2. The molecule has 5 aromatic rings. The van der Waals surface area contributed by atoms with E-state index in [1.54, 1.807) is 0 Å². The molecule has 2 amide bonds. The maximum atomic E-state index is 14.2. The van der Waals surface area contributed by atoms with Crippen molar-refractivity contribution in [2.24, 2.45) is 0 Å². The van der Waals surface area contributed by atoms with Crippen LogP contribution in [-0.2, 0) is 9.59 Å². The van der Waals surface area contributed by atoms with Crippen LogP contribution in [0.15, 0.2) is 91.3 Å². The average Bonchev–Trinajstić information content (AvgIpc) is 4.04. The van der Waals surface area contributed by atoms with Gasteiger partial charge in [0.2, 0.25) is 11.8 Å². The van der Waals surface area contributed by atoms with E-state index in [4.69, 9.17) is 9.97 Å². The van der Waals surface area contributed by atoms with Gasteiger partial charge < -0.3 is 19.8 Å². The molecule has 10 heteroatoms. The molecule has 0 radical (unpaired) electrons. The molecule has 10 nitrogen and oxygen atoms in total. The Balaban J connectivity index is 0.936. The number of carbonyl (C=O) groups is 2. The lowest BCUT2D eigenvalue weighted by Gasteiger charge is -2.33. The molecule has 2 unspecified atom stereocenters. The van der Waals surface area contributed by atoms with Gasteiger partial charge >= 0.3 is 0 Å². The second-order valence-electron chi connectivity index (χ2n) is 15.1. The van der Waals surface area contributed by atoms with Crippen LogP contribution in [-0.4, -0.2) is 97.7 Å². The molecule has 0 aliphatic carbocycles. The van der Waals surface area contributed by atoms with Gasteiger partial charge in [-0.1, -0.05) is 78.9 Å². The molecule has 2 N–H and O–H groups in total. The van der Waals surface area contributed by atoms with Gasteiger partial charge in [0.15, 0.2) is 0 Å². The van der Waals surface area contributed by atoms with E-state index in [1.807, 2.05) is 61.4 Å². The molecule has 0 spiro atoms. The standard InChI is InChI=1S/C43H50N8O2/c1-29(48(2)3)42(52)50-25-9-13-37(50)40-44-27-35(46-40)32-19-15-30(16-20-32)31-17-21-33(22-18-31)36-28-45-41(47-36)38-14-10-26-51(38)43(53)39(49-23-7-8-24-49)34-11-5-4-6-12-34/h4-6,11-12,15-22,27-29,37-39H,7-10,13-14,23-26H2,1-3H3,(H,44,46)(H,45,47)/t29?,37-,38-,39?/m0/s1. The summed E-state index contributed by atoms with van der Waals surface area (Å²) in [7, 11) is 3.88. The van der Waals surface area contributed by atoms with Gasteiger partial charge in [0, 0.05) is 13.1 Å². The SMILES string of the molecule is CC(C(=O)N1CCC[C@H]1c1ncc(-c2ccc(-c3ccc(-c4cnc([C@@H]5CCCN5C(=O)C(c5ccccc5)N5CCCC5)[nH]4)cc3)cc2)[nH]1)N(C)C. The number of nitrogens with one attached hydrogen (secondary N) is 2. The summed E-state index contributed by atoms with van der Waals surface area (Å²) < 4.78 is 0. The molecular formula is C43H50N8O2. The molecule has 274 valence electrons. The fourth-order valence-corrected chi connectivity index (χ4v) is 8.38. The topological polar surface area (TPSA) is 104 Å². The first kappa shape index (κ1) is 35.0. The lowest BCUT2D eigenvalue weighted by atomic mass is 10.0. The van der Waals surface area contributed by atoms with Crippen LogP contribution in [0.25, 0.3) is 33.6 Å². The van der Waals surface area contributed by atoms with Crippen molar-refractivity contribution in [2.45, 2.75) is 69.6 Å². The Labute approximate surface area is 312 Å². The number of likely N-dealkylation sites (N-methyl/N-ethyl adjacent to an activating group) is 1. The maximum absolute atomic E-state index is 14.2. The Morgan fingerprint density at radius 3 is 1.60 bits per heavy atom. The van der Waals surface area contributed by atoms with Crippen molar-refractivity contribution in [1.29, 1.82) is 0 Å². The molecule has 3 aliphatic heterocycles. The van der Waals surface area contributed by atoms with Gasteiger partial charge in [-0.05, 0) is 100 Å². The van der Waals surface area contributed by atoms with Crippen LogP contribution in [0.3, 0.4) is 0 Å². The van der Waals surface area contributed by atoms with E-state index in [1.165, 1.54) is 0 Å². The Hall–Kier alpha value is -5.06. The maximum Gasteiger partial charge on any atom is 0.245 e. The minimum atomic E-state index is -0.246.